The van der Waals surface area contributed by atoms with Crippen LogP contribution in [0.15, 0.2) is 48.5 Å². The SMILES string of the molecule is COc1ccc(OC)c(Nc2nc(C)cc(N3CCc4ccccc4C3)n2)c1. The Hall–Kier alpha value is -3.28. The number of fused-ring (bicyclic) bond motifs is 1. The molecule has 144 valence electrons. The van der Waals surface area contributed by atoms with Crippen LogP contribution in [-0.2, 0) is 13.0 Å². The highest BCUT2D eigenvalue weighted by Crippen LogP contribution is 2.31. The van der Waals surface area contributed by atoms with Crippen LogP contribution in [0.4, 0.5) is 17.5 Å². The molecule has 0 saturated heterocycles. The Morgan fingerprint density at radius 3 is 2.57 bits per heavy atom. The first-order valence-electron chi connectivity index (χ1n) is 9.33. The Bertz CT molecular complexity index is 990. The highest BCUT2D eigenvalue weighted by Gasteiger charge is 2.18. The van der Waals surface area contributed by atoms with Crippen LogP contribution in [0.1, 0.15) is 16.8 Å². The lowest BCUT2D eigenvalue weighted by atomic mass is 10.00. The van der Waals surface area contributed by atoms with Crippen molar-refractivity contribution in [2.45, 2.75) is 19.9 Å². The van der Waals surface area contributed by atoms with Crippen molar-refractivity contribution >= 4 is 17.5 Å². The van der Waals surface area contributed by atoms with Gasteiger partial charge in [-0.05, 0) is 36.6 Å². The highest BCUT2D eigenvalue weighted by molar-refractivity contribution is 5.65. The van der Waals surface area contributed by atoms with Crippen LogP contribution in [0.5, 0.6) is 11.5 Å². The van der Waals surface area contributed by atoms with E-state index in [-0.39, 0.29) is 0 Å². The van der Waals surface area contributed by atoms with Crippen molar-refractivity contribution in [1.29, 1.82) is 0 Å². The van der Waals surface area contributed by atoms with Crippen LogP contribution >= 0.6 is 0 Å². The molecule has 1 aromatic heterocycles. The molecule has 0 bridgehead atoms. The summed E-state index contributed by atoms with van der Waals surface area (Å²) in [6.07, 6.45) is 1.02. The molecule has 1 aliphatic rings. The topological polar surface area (TPSA) is 59.5 Å². The molecule has 3 aromatic rings. The van der Waals surface area contributed by atoms with Gasteiger partial charge in [0.25, 0.3) is 0 Å². The van der Waals surface area contributed by atoms with Crippen LogP contribution < -0.4 is 19.7 Å². The third-order valence-corrected chi connectivity index (χ3v) is 4.95. The monoisotopic (exact) mass is 376 g/mol. The first-order chi connectivity index (χ1) is 13.7. The molecule has 0 unspecified atom stereocenters. The summed E-state index contributed by atoms with van der Waals surface area (Å²) in [5.74, 6) is 2.91. The quantitative estimate of drug-likeness (QED) is 0.723. The Morgan fingerprint density at radius 1 is 0.964 bits per heavy atom. The zero-order valence-corrected chi connectivity index (χ0v) is 16.4. The zero-order chi connectivity index (χ0) is 19.5. The first kappa shape index (κ1) is 18.1. The second-order valence-electron chi connectivity index (χ2n) is 6.82. The number of aromatic nitrogens is 2. The molecule has 0 fully saturated rings. The van der Waals surface area contributed by atoms with Gasteiger partial charge >= 0.3 is 0 Å². The van der Waals surface area contributed by atoms with Gasteiger partial charge in [0.15, 0.2) is 0 Å². The van der Waals surface area contributed by atoms with Gasteiger partial charge < -0.3 is 19.7 Å². The van der Waals surface area contributed by atoms with Gasteiger partial charge in [-0.15, -0.1) is 0 Å². The van der Waals surface area contributed by atoms with Gasteiger partial charge in [-0.2, -0.15) is 4.98 Å². The molecular formula is C22H24N4O2. The van der Waals surface area contributed by atoms with Gasteiger partial charge in [-0.3, -0.25) is 0 Å². The molecule has 0 atom stereocenters. The van der Waals surface area contributed by atoms with Crippen LogP contribution in [0.2, 0.25) is 0 Å². The fourth-order valence-corrected chi connectivity index (χ4v) is 3.49. The molecule has 1 aliphatic heterocycles. The van der Waals surface area contributed by atoms with Crippen molar-refractivity contribution in [3.63, 3.8) is 0 Å². The molecule has 2 heterocycles. The number of hydrogen-bond acceptors (Lipinski definition) is 6. The molecule has 4 rings (SSSR count). The maximum atomic E-state index is 5.45. The number of benzene rings is 2. The van der Waals surface area contributed by atoms with Gasteiger partial charge in [0.1, 0.15) is 17.3 Å². The number of anilines is 3. The third kappa shape index (κ3) is 3.71. The average molecular weight is 376 g/mol. The van der Waals surface area contributed by atoms with Crippen molar-refractivity contribution in [2.75, 3.05) is 31.0 Å². The molecule has 0 saturated carbocycles. The van der Waals surface area contributed by atoms with Gasteiger partial charge in [-0.25, -0.2) is 4.98 Å². The van der Waals surface area contributed by atoms with Crippen molar-refractivity contribution in [3.05, 3.63) is 65.4 Å². The van der Waals surface area contributed by atoms with Gasteiger partial charge in [0.2, 0.25) is 5.95 Å². The summed E-state index contributed by atoms with van der Waals surface area (Å²) in [7, 11) is 3.28. The molecule has 6 heteroatoms. The van der Waals surface area contributed by atoms with E-state index >= 15 is 0 Å². The highest BCUT2D eigenvalue weighted by atomic mass is 16.5. The van der Waals surface area contributed by atoms with Gasteiger partial charge in [0.05, 0.1) is 19.9 Å². The van der Waals surface area contributed by atoms with E-state index in [1.54, 1.807) is 14.2 Å². The Kier molecular flexibility index (Phi) is 5.02. The average Bonchev–Trinajstić information content (AvgIpc) is 2.73. The standard InChI is InChI=1S/C22H24N4O2/c1-15-12-21(26-11-10-16-6-4-5-7-17(16)14-26)25-22(23-15)24-19-13-18(27-2)8-9-20(19)28-3/h4-9,12-13H,10-11,14H2,1-3H3,(H,23,24,25). The maximum absolute atomic E-state index is 5.45. The van der Waals surface area contributed by atoms with Crippen molar-refractivity contribution in [2.24, 2.45) is 0 Å². The Labute approximate surface area is 165 Å². The molecule has 2 aromatic carbocycles. The van der Waals surface area contributed by atoms with Crippen LogP contribution in [-0.4, -0.2) is 30.7 Å². The van der Waals surface area contributed by atoms with E-state index < -0.39 is 0 Å². The fourth-order valence-electron chi connectivity index (χ4n) is 3.49. The minimum atomic E-state index is 0.542. The summed E-state index contributed by atoms with van der Waals surface area (Å²) in [6, 6.07) is 16.2. The van der Waals surface area contributed by atoms with Gasteiger partial charge in [-0.1, -0.05) is 24.3 Å². The molecule has 28 heavy (non-hydrogen) atoms. The van der Waals surface area contributed by atoms with Crippen LogP contribution in [0.25, 0.3) is 0 Å². The summed E-state index contributed by atoms with van der Waals surface area (Å²) < 4.78 is 10.8. The molecule has 1 N–H and O–H groups in total. The Balaban J connectivity index is 1.62. The molecule has 0 aliphatic carbocycles. The number of aryl methyl sites for hydroxylation is 1. The van der Waals surface area contributed by atoms with E-state index in [9.17, 15) is 0 Å². The maximum Gasteiger partial charge on any atom is 0.229 e. The lowest BCUT2D eigenvalue weighted by Crippen LogP contribution is -2.31. The number of hydrogen-bond donors (Lipinski definition) is 1. The number of ether oxygens (including phenoxy) is 2. The lowest BCUT2D eigenvalue weighted by Gasteiger charge is -2.30. The van der Waals surface area contributed by atoms with E-state index in [1.165, 1.54) is 11.1 Å². The number of rotatable bonds is 5. The van der Waals surface area contributed by atoms with Gasteiger partial charge in [0, 0.05) is 30.9 Å². The van der Waals surface area contributed by atoms with Crippen molar-refractivity contribution in [3.8, 4) is 11.5 Å². The summed E-state index contributed by atoms with van der Waals surface area (Å²) in [5.41, 5.74) is 4.45. The van der Waals surface area contributed by atoms with E-state index in [1.807, 2.05) is 31.2 Å². The van der Waals surface area contributed by atoms with Crippen molar-refractivity contribution < 1.29 is 9.47 Å². The Morgan fingerprint density at radius 2 is 1.79 bits per heavy atom. The number of methoxy groups -OCH3 is 2. The lowest BCUT2D eigenvalue weighted by molar-refractivity contribution is 0.405. The second-order valence-corrected chi connectivity index (χ2v) is 6.82. The minimum Gasteiger partial charge on any atom is -0.497 e. The predicted molar refractivity (Wildman–Crippen MR) is 111 cm³/mol. The predicted octanol–water partition coefficient (Wildman–Crippen LogP) is 4.11. The summed E-state index contributed by atoms with van der Waals surface area (Å²) >= 11 is 0. The fraction of sp³-hybridized carbons (Fsp3) is 0.273. The number of nitrogens with one attached hydrogen (secondary N) is 1. The smallest absolute Gasteiger partial charge is 0.229 e. The second kappa shape index (κ2) is 7.76. The van der Waals surface area contributed by atoms with E-state index in [0.29, 0.717) is 11.7 Å². The van der Waals surface area contributed by atoms with Crippen molar-refractivity contribution in [1.82, 2.24) is 9.97 Å². The number of nitrogens with zero attached hydrogens (tertiary/aromatic N) is 3. The molecule has 0 radical (unpaired) electrons. The molecule has 0 amide bonds. The molecular weight excluding hydrogens is 352 g/mol. The first-order valence-corrected chi connectivity index (χ1v) is 9.33. The minimum absolute atomic E-state index is 0.542. The third-order valence-electron chi connectivity index (χ3n) is 4.95. The van der Waals surface area contributed by atoms with Crippen LogP contribution in [0, 0.1) is 6.92 Å². The summed E-state index contributed by atoms with van der Waals surface area (Å²) in [5, 5.41) is 3.28. The molecule has 6 nitrogen and oxygen atoms in total. The summed E-state index contributed by atoms with van der Waals surface area (Å²) in [4.78, 5) is 11.6. The summed E-state index contributed by atoms with van der Waals surface area (Å²) in [6.45, 7) is 3.78. The van der Waals surface area contributed by atoms with Crippen LogP contribution in [0.3, 0.4) is 0 Å². The van der Waals surface area contributed by atoms with E-state index in [2.05, 4.69) is 39.5 Å². The molecule has 0 spiro atoms. The largest absolute Gasteiger partial charge is 0.497 e. The van der Waals surface area contributed by atoms with E-state index in [0.717, 1.165) is 42.5 Å². The van der Waals surface area contributed by atoms with E-state index in [4.69, 9.17) is 14.5 Å². The zero-order valence-electron chi connectivity index (χ0n) is 16.4. The normalized spacial score (nSPS) is 13.0.